The average Bonchev–Trinajstić information content (AvgIpc) is 3.05. The molecule has 0 radical (unpaired) electrons. The summed E-state index contributed by atoms with van der Waals surface area (Å²) >= 11 is 5.82. The predicted molar refractivity (Wildman–Crippen MR) is 65.5 cm³/mol. The van der Waals surface area contributed by atoms with Crippen LogP contribution in [0.15, 0.2) is 18.2 Å². The summed E-state index contributed by atoms with van der Waals surface area (Å²) in [4.78, 5) is 11.8. The van der Waals surface area contributed by atoms with Crippen molar-refractivity contribution in [3.63, 3.8) is 0 Å². The number of rotatable bonds is 4. The van der Waals surface area contributed by atoms with E-state index in [1.165, 1.54) is 12.8 Å². The Balaban J connectivity index is 1.93. The highest BCUT2D eigenvalue weighted by atomic mass is 35.5. The Morgan fingerprint density at radius 3 is 2.94 bits per heavy atom. The number of halogens is 1. The molecule has 3 nitrogen and oxygen atoms in total. The zero-order valence-electron chi connectivity index (χ0n) is 9.00. The molecule has 1 amide bonds. The molecule has 0 saturated heterocycles. The minimum absolute atomic E-state index is 0.138. The lowest BCUT2D eigenvalue weighted by molar-refractivity contribution is 0.0953. The number of nitrogens with one attached hydrogen (secondary N) is 1. The Morgan fingerprint density at radius 1 is 1.50 bits per heavy atom. The summed E-state index contributed by atoms with van der Waals surface area (Å²) in [5.74, 6) is 0.678. The van der Waals surface area contributed by atoms with E-state index in [-0.39, 0.29) is 5.91 Å². The lowest BCUT2D eigenvalue weighted by Gasteiger charge is -2.07. The van der Waals surface area contributed by atoms with Crippen LogP contribution in [0.5, 0.6) is 0 Å². The average molecular weight is 239 g/mol. The summed E-state index contributed by atoms with van der Waals surface area (Å²) in [6.45, 7) is 0.718. The second-order valence-electron chi connectivity index (χ2n) is 4.22. The van der Waals surface area contributed by atoms with E-state index in [4.69, 9.17) is 17.3 Å². The zero-order valence-corrected chi connectivity index (χ0v) is 9.76. The number of amides is 1. The lowest BCUT2D eigenvalue weighted by Crippen LogP contribution is -2.25. The largest absolute Gasteiger partial charge is 0.398 e. The van der Waals surface area contributed by atoms with Crippen LogP contribution in [0.2, 0.25) is 5.02 Å². The molecule has 86 valence electrons. The van der Waals surface area contributed by atoms with Gasteiger partial charge in [0.2, 0.25) is 0 Å². The van der Waals surface area contributed by atoms with Crippen molar-refractivity contribution in [3.8, 4) is 0 Å². The normalized spacial score (nSPS) is 14.8. The molecule has 0 aromatic heterocycles. The summed E-state index contributed by atoms with van der Waals surface area (Å²) in [6.07, 6.45) is 3.66. The molecule has 0 unspecified atom stereocenters. The molecule has 2 rings (SSSR count). The quantitative estimate of drug-likeness (QED) is 0.792. The number of benzene rings is 1. The van der Waals surface area contributed by atoms with Crippen LogP contribution < -0.4 is 11.1 Å². The molecule has 1 aromatic rings. The molecule has 1 aliphatic rings. The van der Waals surface area contributed by atoms with Gasteiger partial charge in [-0.05, 0) is 30.5 Å². The summed E-state index contributed by atoms with van der Waals surface area (Å²) < 4.78 is 0. The summed E-state index contributed by atoms with van der Waals surface area (Å²) in [5.41, 5.74) is 6.64. The van der Waals surface area contributed by atoms with Gasteiger partial charge in [0, 0.05) is 17.3 Å². The van der Waals surface area contributed by atoms with Gasteiger partial charge in [0.25, 0.3) is 5.91 Å². The maximum absolute atomic E-state index is 11.8. The molecule has 1 aliphatic carbocycles. The van der Waals surface area contributed by atoms with Gasteiger partial charge in [-0.3, -0.25) is 4.79 Å². The number of hydrogen-bond donors (Lipinski definition) is 2. The van der Waals surface area contributed by atoms with Crippen LogP contribution in [0, 0.1) is 5.92 Å². The molecule has 4 heteroatoms. The van der Waals surface area contributed by atoms with Crippen molar-refractivity contribution in [2.24, 2.45) is 5.92 Å². The second kappa shape index (κ2) is 4.74. The molecular weight excluding hydrogens is 224 g/mol. The minimum atomic E-state index is -0.138. The van der Waals surface area contributed by atoms with Gasteiger partial charge in [-0.25, -0.2) is 0 Å². The first-order valence-electron chi connectivity index (χ1n) is 5.50. The molecule has 3 N–H and O–H groups in total. The molecule has 1 fully saturated rings. The van der Waals surface area contributed by atoms with E-state index in [0.717, 1.165) is 18.9 Å². The monoisotopic (exact) mass is 238 g/mol. The van der Waals surface area contributed by atoms with Crippen molar-refractivity contribution in [2.45, 2.75) is 19.3 Å². The topological polar surface area (TPSA) is 55.1 Å². The fourth-order valence-corrected chi connectivity index (χ4v) is 1.79. The lowest BCUT2D eigenvalue weighted by atomic mass is 10.1. The third kappa shape index (κ3) is 2.89. The molecule has 0 atom stereocenters. The van der Waals surface area contributed by atoms with Gasteiger partial charge in [-0.2, -0.15) is 0 Å². The summed E-state index contributed by atoms with van der Waals surface area (Å²) in [6, 6.07) is 4.93. The number of anilines is 1. The van der Waals surface area contributed by atoms with E-state index in [1.54, 1.807) is 18.2 Å². The van der Waals surface area contributed by atoms with Crippen LogP contribution in [0.4, 0.5) is 5.69 Å². The Kier molecular flexibility index (Phi) is 3.34. The minimum Gasteiger partial charge on any atom is -0.398 e. The SMILES string of the molecule is Nc1ccc(Cl)cc1C(=O)NCCC1CC1. The second-order valence-corrected chi connectivity index (χ2v) is 4.66. The maximum atomic E-state index is 11.8. The first-order valence-corrected chi connectivity index (χ1v) is 5.88. The maximum Gasteiger partial charge on any atom is 0.253 e. The van der Waals surface area contributed by atoms with Gasteiger partial charge in [0.05, 0.1) is 5.56 Å². The van der Waals surface area contributed by atoms with Gasteiger partial charge in [0.1, 0.15) is 0 Å². The van der Waals surface area contributed by atoms with Crippen molar-refractivity contribution in [3.05, 3.63) is 28.8 Å². The van der Waals surface area contributed by atoms with Crippen molar-refractivity contribution < 1.29 is 4.79 Å². The van der Waals surface area contributed by atoms with Crippen molar-refractivity contribution in [2.75, 3.05) is 12.3 Å². The van der Waals surface area contributed by atoms with Gasteiger partial charge in [-0.15, -0.1) is 0 Å². The molecule has 1 aromatic carbocycles. The third-order valence-corrected chi connectivity index (χ3v) is 3.03. The van der Waals surface area contributed by atoms with E-state index in [1.807, 2.05) is 0 Å². The molecule has 0 aliphatic heterocycles. The first-order chi connectivity index (χ1) is 7.66. The standard InChI is InChI=1S/C12H15ClN2O/c13-9-3-4-11(14)10(7-9)12(16)15-6-5-8-1-2-8/h3-4,7-8H,1-2,5-6,14H2,(H,15,16). The van der Waals surface area contributed by atoms with Crippen LogP contribution in [-0.4, -0.2) is 12.5 Å². The third-order valence-electron chi connectivity index (χ3n) is 2.80. The Hall–Kier alpha value is -1.22. The van der Waals surface area contributed by atoms with Gasteiger partial charge in [-0.1, -0.05) is 24.4 Å². The van der Waals surface area contributed by atoms with E-state index in [2.05, 4.69) is 5.32 Å². The Labute approximate surface area is 100.0 Å². The number of carbonyl (C=O) groups is 1. The van der Waals surface area contributed by atoms with Crippen molar-refractivity contribution >= 4 is 23.2 Å². The van der Waals surface area contributed by atoms with Gasteiger partial charge in [0.15, 0.2) is 0 Å². The zero-order chi connectivity index (χ0) is 11.5. The predicted octanol–water partition coefficient (Wildman–Crippen LogP) is 2.45. The van der Waals surface area contributed by atoms with Gasteiger partial charge >= 0.3 is 0 Å². The van der Waals surface area contributed by atoms with E-state index < -0.39 is 0 Å². The first kappa shape index (κ1) is 11.3. The fourth-order valence-electron chi connectivity index (χ4n) is 1.62. The number of nitrogen functional groups attached to an aromatic ring is 1. The molecular formula is C12H15ClN2O. The highest BCUT2D eigenvalue weighted by Gasteiger charge is 2.20. The smallest absolute Gasteiger partial charge is 0.253 e. The molecule has 0 heterocycles. The van der Waals surface area contributed by atoms with E-state index in [0.29, 0.717) is 16.3 Å². The van der Waals surface area contributed by atoms with Crippen molar-refractivity contribution in [1.82, 2.24) is 5.32 Å². The Bertz CT molecular complexity index is 402. The van der Waals surface area contributed by atoms with E-state index >= 15 is 0 Å². The van der Waals surface area contributed by atoms with Crippen LogP contribution in [0.3, 0.4) is 0 Å². The van der Waals surface area contributed by atoms with Gasteiger partial charge < -0.3 is 11.1 Å². The Morgan fingerprint density at radius 2 is 2.25 bits per heavy atom. The molecule has 0 spiro atoms. The van der Waals surface area contributed by atoms with Crippen LogP contribution in [-0.2, 0) is 0 Å². The molecule has 0 bridgehead atoms. The van der Waals surface area contributed by atoms with Crippen LogP contribution in [0.1, 0.15) is 29.6 Å². The fraction of sp³-hybridized carbons (Fsp3) is 0.417. The highest BCUT2D eigenvalue weighted by molar-refractivity contribution is 6.31. The molecule has 1 saturated carbocycles. The van der Waals surface area contributed by atoms with Crippen LogP contribution >= 0.6 is 11.6 Å². The number of hydrogen-bond acceptors (Lipinski definition) is 2. The number of nitrogens with two attached hydrogens (primary N) is 1. The van der Waals surface area contributed by atoms with E-state index in [9.17, 15) is 4.79 Å². The van der Waals surface area contributed by atoms with Crippen molar-refractivity contribution in [1.29, 1.82) is 0 Å². The highest BCUT2D eigenvalue weighted by Crippen LogP contribution is 2.31. The van der Waals surface area contributed by atoms with Crippen LogP contribution in [0.25, 0.3) is 0 Å². The molecule has 16 heavy (non-hydrogen) atoms. The summed E-state index contributed by atoms with van der Waals surface area (Å²) in [5, 5.41) is 3.39. The number of carbonyl (C=O) groups excluding carboxylic acids is 1. The summed E-state index contributed by atoms with van der Waals surface area (Å²) in [7, 11) is 0.